The summed E-state index contributed by atoms with van der Waals surface area (Å²) >= 11 is 0. The van der Waals surface area contributed by atoms with Crippen molar-refractivity contribution in [3.63, 3.8) is 0 Å². The van der Waals surface area contributed by atoms with Gasteiger partial charge in [0.1, 0.15) is 11.3 Å². The Balaban J connectivity index is 3.13. The quantitative estimate of drug-likeness (QED) is 0.871. The van der Waals surface area contributed by atoms with Crippen molar-refractivity contribution in [2.75, 3.05) is 7.11 Å². The smallest absolute Gasteiger partial charge is 0.410 e. The summed E-state index contributed by atoms with van der Waals surface area (Å²) < 4.78 is 43.3. The Morgan fingerprint density at radius 1 is 1.19 bits per heavy atom. The fourth-order valence-electron chi connectivity index (χ4n) is 1.46. The maximum Gasteiger partial charge on any atom is 0.410 e. The first-order valence-corrected chi connectivity index (χ1v) is 4.85. The van der Waals surface area contributed by atoms with Gasteiger partial charge in [-0.3, -0.25) is 0 Å². The molecule has 0 radical (unpaired) electrons. The van der Waals surface area contributed by atoms with Gasteiger partial charge in [-0.2, -0.15) is 13.2 Å². The number of ether oxygens (including phenoxy) is 1. The van der Waals surface area contributed by atoms with Gasteiger partial charge in [0.25, 0.3) is 0 Å². The topological polar surface area (TPSA) is 35.2 Å². The highest BCUT2D eigenvalue weighted by molar-refractivity contribution is 5.32. The van der Waals surface area contributed by atoms with Crippen molar-refractivity contribution in [3.8, 4) is 5.75 Å². The second kappa shape index (κ2) is 4.33. The molecule has 0 aliphatic carbocycles. The molecule has 0 bridgehead atoms. The SMILES string of the molecule is CCC(N)(c1ccc(OC)cc1)C(F)(F)F. The molecule has 2 N–H and O–H groups in total. The fraction of sp³-hybridized carbons (Fsp3) is 0.455. The van der Waals surface area contributed by atoms with E-state index in [0.29, 0.717) is 5.75 Å². The van der Waals surface area contributed by atoms with Crippen LogP contribution in [0.25, 0.3) is 0 Å². The summed E-state index contributed by atoms with van der Waals surface area (Å²) in [6, 6.07) is 5.63. The Morgan fingerprint density at radius 3 is 2.00 bits per heavy atom. The fourth-order valence-corrected chi connectivity index (χ4v) is 1.46. The van der Waals surface area contributed by atoms with E-state index in [0.717, 1.165) is 0 Å². The third-order valence-corrected chi connectivity index (χ3v) is 2.67. The van der Waals surface area contributed by atoms with Crippen LogP contribution in [0.4, 0.5) is 13.2 Å². The maximum atomic E-state index is 12.8. The Bertz CT molecular complexity index is 347. The lowest BCUT2D eigenvalue weighted by Gasteiger charge is -2.31. The van der Waals surface area contributed by atoms with E-state index in [9.17, 15) is 13.2 Å². The average Bonchev–Trinajstić information content (AvgIpc) is 2.26. The number of alkyl halides is 3. The van der Waals surface area contributed by atoms with Gasteiger partial charge in [-0.15, -0.1) is 0 Å². The van der Waals surface area contributed by atoms with E-state index in [2.05, 4.69) is 0 Å². The van der Waals surface area contributed by atoms with Crippen LogP contribution in [-0.2, 0) is 5.54 Å². The van der Waals surface area contributed by atoms with Gasteiger partial charge in [-0.25, -0.2) is 0 Å². The molecule has 1 aromatic carbocycles. The summed E-state index contributed by atoms with van der Waals surface area (Å²) in [5.41, 5.74) is 3.17. The number of nitrogens with two attached hydrogens (primary N) is 1. The molecule has 1 aromatic rings. The predicted molar refractivity (Wildman–Crippen MR) is 55.2 cm³/mol. The van der Waals surface area contributed by atoms with E-state index in [4.69, 9.17) is 10.5 Å². The van der Waals surface area contributed by atoms with Crippen LogP contribution in [0.3, 0.4) is 0 Å². The lowest BCUT2D eigenvalue weighted by molar-refractivity contribution is -0.190. The summed E-state index contributed by atoms with van der Waals surface area (Å²) in [5.74, 6) is 0.504. The zero-order valence-electron chi connectivity index (χ0n) is 9.14. The second-order valence-electron chi connectivity index (χ2n) is 3.55. The average molecular weight is 233 g/mol. The molecule has 5 heteroatoms. The van der Waals surface area contributed by atoms with Crippen LogP contribution in [0.2, 0.25) is 0 Å². The van der Waals surface area contributed by atoms with E-state index < -0.39 is 11.7 Å². The Morgan fingerprint density at radius 2 is 1.69 bits per heavy atom. The largest absolute Gasteiger partial charge is 0.497 e. The monoisotopic (exact) mass is 233 g/mol. The molecule has 1 unspecified atom stereocenters. The normalized spacial score (nSPS) is 15.6. The van der Waals surface area contributed by atoms with Gasteiger partial charge in [0.15, 0.2) is 0 Å². The molecule has 0 aliphatic rings. The minimum Gasteiger partial charge on any atom is -0.497 e. The number of halogens is 3. The molecule has 0 saturated carbocycles. The van der Waals surface area contributed by atoms with Crippen molar-refractivity contribution < 1.29 is 17.9 Å². The molecule has 0 saturated heterocycles. The van der Waals surface area contributed by atoms with Crippen molar-refractivity contribution in [2.45, 2.75) is 25.1 Å². The first kappa shape index (κ1) is 12.8. The number of hydrogen-bond acceptors (Lipinski definition) is 2. The van der Waals surface area contributed by atoms with Gasteiger partial charge < -0.3 is 10.5 Å². The summed E-state index contributed by atoms with van der Waals surface area (Å²) in [6.07, 6.45) is -4.67. The van der Waals surface area contributed by atoms with Gasteiger partial charge in [-0.05, 0) is 24.1 Å². The van der Waals surface area contributed by atoms with Gasteiger partial charge in [0.2, 0.25) is 0 Å². The van der Waals surface area contributed by atoms with Gasteiger partial charge in [-0.1, -0.05) is 19.1 Å². The van der Waals surface area contributed by atoms with Crippen molar-refractivity contribution in [2.24, 2.45) is 5.73 Å². The first-order chi connectivity index (χ1) is 7.35. The number of hydrogen-bond donors (Lipinski definition) is 1. The minimum absolute atomic E-state index is 0.0447. The van der Waals surface area contributed by atoms with Crippen LogP contribution < -0.4 is 10.5 Å². The molecule has 0 aromatic heterocycles. The number of benzene rings is 1. The van der Waals surface area contributed by atoms with Crippen LogP contribution in [0.15, 0.2) is 24.3 Å². The van der Waals surface area contributed by atoms with E-state index in [1.807, 2.05) is 0 Å². The summed E-state index contributed by atoms with van der Waals surface area (Å²) in [7, 11) is 1.45. The van der Waals surface area contributed by atoms with E-state index in [1.165, 1.54) is 38.3 Å². The molecule has 0 amide bonds. The summed E-state index contributed by atoms with van der Waals surface area (Å²) in [6.45, 7) is 1.41. The van der Waals surface area contributed by atoms with Crippen LogP contribution in [0.5, 0.6) is 5.75 Å². The highest BCUT2D eigenvalue weighted by atomic mass is 19.4. The van der Waals surface area contributed by atoms with E-state index in [1.54, 1.807) is 0 Å². The van der Waals surface area contributed by atoms with Crippen LogP contribution in [0, 0.1) is 0 Å². The molecular formula is C11H14F3NO. The Kier molecular flexibility index (Phi) is 3.48. The molecule has 0 fully saturated rings. The maximum absolute atomic E-state index is 12.8. The Labute approximate surface area is 92.2 Å². The van der Waals surface area contributed by atoms with Crippen LogP contribution in [-0.4, -0.2) is 13.3 Å². The highest BCUT2D eigenvalue weighted by Gasteiger charge is 2.51. The third-order valence-electron chi connectivity index (χ3n) is 2.67. The molecule has 1 rings (SSSR count). The van der Waals surface area contributed by atoms with Gasteiger partial charge >= 0.3 is 6.18 Å². The molecule has 1 atom stereocenters. The standard InChI is InChI=1S/C11H14F3NO/c1-3-10(15,11(12,13)14)8-4-6-9(16-2)7-5-8/h4-7H,3,15H2,1-2H3. The third kappa shape index (κ3) is 2.14. The molecule has 16 heavy (non-hydrogen) atoms. The highest BCUT2D eigenvalue weighted by Crippen LogP contribution is 2.39. The molecular weight excluding hydrogens is 219 g/mol. The van der Waals surface area contributed by atoms with E-state index >= 15 is 0 Å². The summed E-state index contributed by atoms with van der Waals surface area (Å²) in [4.78, 5) is 0. The van der Waals surface area contributed by atoms with Crippen molar-refractivity contribution >= 4 is 0 Å². The van der Waals surface area contributed by atoms with Gasteiger partial charge in [0, 0.05) is 0 Å². The minimum atomic E-state index is -4.46. The lowest BCUT2D eigenvalue weighted by Crippen LogP contribution is -2.49. The van der Waals surface area contributed by atoms with Crippen LogP contribution in [0.1, 0.15) is 18.9 Å². The lowest BCUT2D eigenvalue weighted by atomic mass is 9.87. The molecule has 90 valence electrons. The van der Waals surface area contributed by atoms with Crippen molar-refractivity contribution in [1.29, 1.82) is 0 Å². The number of methoxy groups -OCH3 is 1. The Hall–Kier alpha value is -1.23. The predicted octanol–water partition coefficient (Wildman–Crippen LogP) is 2.82. The first-order valence-electron chi connectivity index (χ1n) is 4.85. The summed E-state index contributed by atoms with van der Waals surface area (Å²) in [5, 5.41) is 0. The zero-order valence-corrected chi connectivity index (χ0v) is 9.14. The second-order valence-corrected chi connectivity index (χ2v) is 3.55. The van der Waals surface area contributed by atoms with Gasteiger partial charge in [0.05, 0.1) is 7.11 Å². The van der Waals surface area contributed by atoms with Crippen LogP contribution >= 0.6 is 0 Å². The van der Waals surface area contributed by atoms with Crippen molar-refractivity contribution in [3.05, 3.63) is 29.8 Å². The van der Waals surface area contributed by atoms with E-state index in [-0.39, 0.29) is 12.0 Å². The zero-order chi connectivity index (χ0) is 12.4. The molecule has 0 heterocycles. The molecule has 0 aliphatic heterocycles. The number of rotatable bonds is 3. The molecule has 2 nitrogen and oxygen atoms in total. The van der Waals surface area contributed by atoms with Crippen molar-refractivity contribution in [1.82, 2.24) is 0 Å². The molecule has 0 spiro atoms.